The average molecular weight is 348 g/mol. The molecule has 2 N–H and O–H groups in total. The number of halogens is 2. The van der Waals surface area contributed by atoms with Crippen molar-refractivity contribution >= 4 is 28.5 Å². The van der Waals surface area contributed by atoms with Crippen LogP contribution in [0.3, 0.4) is 0 Å². The number of likely N-dealkylation sites (tertiary alicyclic amines) is 1. The molecule has 2 rings (SSSR count). The quantitative estimate of drug-likeness (QED) is 0.789. The van der Waals surface area contributed by atoms with Crippen LogP contribution in [-0.2, 0) is 0 Å². The predicted octanol–water partition coefficient (Wildman–Crippen LogP) is 1.99. The monoisotopic (exact) mass is 348 g/mol. The van der Waals surface area contributed by atoms with Gasteiger partial charge in [0, 0.05) is 22.7 Å². The van der Waals surface area contributed by atoms with E-state index in [1.807, 2.05) is 22.6 Å². The van der Waals surface area contributed by atoms with Crippen LogP contribution in [0, 0.1) is 9.39 Å². The third kappa shape index (κ3) is 2.77. The molecule has 17 heavy (non-hydrogen) atoms. The van der Waals surface area contributed by atoms with E-state index in [-0.39, 0.29) is 17.5 Å². The van der Waals surface area contributed by atoms with Crippen LogP contribution in [0.4, 0.5) is 4.39 Å². The fourth-order valence-electron chi connectivity index (χ4n) is 2.05. The summed E-state index contributed by atoms with van der Waals surface area (Å²) in [5, 5.41) is 0. The van der Waals surface area contributed by atoms with Crippen molar-refractivity contribution < 1.29 is 9.18 Å². The average Bonchev–Trinajstić information content (AvgIpc) is 2.28. The highest BCUT2D eigenvalue weighted by Gasteiger charge is 2.25. The van der Waals surface area contributed by atoms with Crippen molar-refractivity contribution in [3.63, 3.8) is 0 Å². The Morgan fingerprint density at radius 3 is 2.94 bits per heavy atom. The van der Waals surface area contributed by atoms with Crippen molar-refractivity contribution in [3.8, 4) is 0 Å². The molecule has 1 unspecified atom stereocenters. The molecule has 1 atom stereocenters. The van der Waals surface area contributed by atoms with Crippen LogP contribution in [0.1, 0.15) is 23.2 Å². The maximum atomic E-state index is 13.7. The first-order chi connectivity index (χ1) is 8.09. The Hall–Kier alpha value is -0.690. The van der Waals surface area contributed by atoms with E-state index in [1.165, 1.54) is 6.07 Å². The van der Waals surface area contributed by atoms with Crippen LogP contribution in [0.25, 0.3) is 0 Å². The molecule has 5 heteroatoms. The van der Waals surface area contributed by atoms with Crippen LogP contribution in [0.15, 0.2) is 18.2 Å². The molecule has 1 aromatic rings. The number of carbonyl (C=O) groups is 1. The van der Waals surface area contributed by atoms with Gasteiger partial charge in [0.25, 0.3) is 5.91 Å². The third-order valence-corrected chi connectivity index (χ3v) is 3.82. The van der Waals surface area contributed by atoms with E-state index in [2.05, 4.69) is 0 Å². The van der Waals surface area contributed by atoms with Gasteiger partial charge in [0.05, 0.1) is 5.56 Å². The molecule has 0 radical (unpaired) electrons. The van der Waals surface area contributed by atoms with Crippen molar-refractivity contribution in [2.75, 3.05) is 13.1 Å². The second kappa shape index (κ2) is 5.30. The van der Waals surface area contributed by atoms with E-state index >= 15 is 0 Å². The van der Waals surface area contributed by atoms with Gasteiger partial charge >= 0.3 is 0 Å². The lowest BCUT2D eigenvalue weighted by Gasteiger charge is -2.31. The van der Waals surface area contributed by atoms with Crippen LogP contribution in [0.2, 0.25) is 0 Å². The van der Waals surface area contributed by atoms with Gasteiger partial charge in [-0.2, -0.15) is 0 Å². The number of nitrogens with zero attached hydrogens (tertiary/aromatic N) is 1. The summed E-state index contributed by atoms with van der Waals surface area (Å²) >= 11 is 1.98. The number of benzene rings is 1. The van der Waals surface area contributed by atoms with Gasteiger partial charge in [0.15, 0.2) is 0 Å². The summed E-state index contributed by atoms with van der Waals surface area (Å²) in [6.45, 7) is 1.18. The van der Waals surface area contributed by atoms with Gasteiger partial charge in [-0.05, 0) is 47.6 Å². The van der Waals surface area contributed by atoms with E-state index in [4.69, 9.17) is 5.73 Å². The Morgan fingerprint density at radius 1 is 1.53 bits per heavy atom. The number of nitrogens with two attached hydrogens (primary N) is 1. The molecule has 1 fully saturated rings. The van der Waals surface area contributed by atoms with Gasteiger partial charge in [-0.3, -0.25) is 4.79 Å². The lowest BCUT2D eigenvalue weighted by molar-refractivity contribution is 0.0703. The molecule has 0 aromatic heterocycles. The zero-order chi connectivity index (χ0) is 12.4. The second-order valence-corrected chi connectivity index (χ2v) is 5.41. The molecule has 3 nitrogen and oxygen atoms in total. The molecular weight excluding hydrogens is 334 g/mol. The van der Waals surface area contributed by atoms with Gasteiger partial charge in [-0.15, -0.1) is 0 Å². The summed E-state index contributed by atoms with van der Waals surface area (Å²) in [6, 6.07) is 4.67. The fraction of sp³-hybridized carbons (Fsp3) is 0.417. The van der Waals surface area contributed by atoms with E-state index in [1.54, 1.807) is 17.0 Å². The molecule has 1 aromatic carbocycles. The highest BCUT2D eigenvalue weighted by molar-refractivity contribution is 14.1. The first-order valence-electron chi connectivity index (χ1n) is 5.58. The Kier molecular flexibility index (Phi) is 3.98. The maximum absolute atomic E-state index is 13.7. The van der Waals surface area contributed by atoms with Crippen molar-refractivity contribution in [1.29, 1.82) is 0 Å². The van der Waals surface area contributed by atoms with Gasteiger partial charge in [0.1, 0.15) is 5.82 Å². The number of hydrogen-bond acceptors (Lipinski definition) is 2. The second-order valence-electron chi connectivity index (χ2n) is 4.25. The summed E-state index contributed by atoms with van der Waals surface area (Å²) < 4.78 is 14.3. The minimum atomic E-state index is -0.457. The van der Waals surface area contributed by atoms with E-state index in [0.29, 0.717) is 16.7 Å². The summed E-state index contributed by atoms with van der Waals surface area (Å²) in [6.07, 6.45) is 1.82. The summed E-state index contributed by atoms with van der Waals surface area (Å²) in [5.74, 6) is -0.705. The van der Waals surface area contributed by atoms with Gasteiger partial charge < -0.3 is 10.6 Å². The third-order valence-electron chi connectivity index (χ3n) is 2.92. The number of hydrogen-bond donors (Lipinski definition) is 1. The molecule has 1 aliphatic rings. The van der Waals surface area contributed by atoms with E-state index in [9.17, 15) is 9.18 Å². The highest BCUT2D eigenvalue weighted by atomic mass is 127. The molecule has 0 bridgehead atoms. The molecule has 1 heterocycles. The lowest BCUT2D eigenvalue weighted by Crippen LogP contribution is -2.46. The SMILES string of the molecule is NC1CCCN(C(=O)c2c(F)cccc2I)C1. The minimum Gasteiger partial charge on any atom is -0.337 e. The maximum Gasteiger partial charge on any atom is 0.257 e. The largest absolute Gasteiger partial charge is 0.337 e. The molecule has 0 aliphatic carbocycles. The fourth-order valence-corrected chi connectivity index (χ4v) is 2.75. The zero-order valence-electron chi connectivity index (χ0n) is 9.33. The normalized spacial score (nSPS) is 20.4. The van der Waals surface area contributed by atoms with Crippen LogP contribution in [0.5, 0.6) is 0 Å². The Bertz CT molecular complexity index is 418. The molecule has 1 aliphatic heterocycles. The Balaban J connectivity index is 2.24. The molecule has 0 spiro atoms. The topological polar surface area (TPSA) is 46.3 Å². The highest BCUT2D eigenvalue weighted by Crippen LogP contribution is 2.20. The van der Waals surface area contributed by atoms with Gasteiger partial charge in [-0.1, -0.05) is 6.07 Å². The standard InChI is InChI=1S/C12H14FIN2O/c13-9-4-1-5-10(14)11(9)12(17)16-6-2-3-8(15)7-16/h1,4-5,8H,2-3,6-7,15H2. The van der Waals surface area contributed by atoms with Crippen LogP contribution < -0.4 is 5.73 Å². The van der Waals surface area contributed by atoms with Crippen LogP contribution >= 0.6 is 22.6 Å². The summed E-state index contributed by atoms with van der Waals surface area (Å²) in [4.78, 5) is 13.9. The summed E-state index contributed by atoms with van der Waals surface area (Å²) in [7, 11) is 0. The van der Waals surface area contributed by atoms with Gasteiger partial charge in [-0.25, -0.2) is 4.39 Å². The van der Waals surface area contributed by atoms with Crippen LogP contribution in [-0.4, -0.2) is 29.9 Å². The minimum absolute atomic E-state index is 0.0112. The van der Waals surface area contributed by atoms with Crippen molar-refractivity contribution in [1.82, 2.24) is 4.90 Å². The number of carbonyl (C=O) groups excluding carboxylic acids is 1. The molecular formula is C12H14FIN2O. The Morgan fingerprint density at radius 2 is 2.29 bits per heavy atom. The lowest BCUT2D eigenvalue weighted by atomic mass is 10.1. The predicted molar refractivity (Wildman–Crippen MR) is 72.2 cm³/mol. The van der Waals surface area contributed by atoms with Crippen molar-refractivity contribution in [2.24, 2.45) is 5.73 Å². The smallest absolute Gasteiger partial charge is 0.257 e. The van der Waals surface area contributed by atoms with E-state index in [0.717, 1.165) is 12.8 Å². The molecule has 1 saturated heterocycles. The molecule has 1 amide bonds. The number of rotatable bonds is 1. The van der Waals surface area contributed by atoms with Crippen molar-refractivity contribution in [3.05, 3.63) is 33.1 Å². The molecule has 92 valence electrons. The zero-order valence-corrected chi connectivity index (χ0v) is 11.5. The van der Waals surface area contributed by atoms with Crippen molar-refractivity contribution in [2.45, 2.75) is 18.9 Å². The number of piperidine rings is 1. The first-order valence-corrected chi connectivity index (χ1v) is 6.66. The number of amides is 1. The molecule has 0 saturated carbocycles. The first kappa shape index (κ1) is 12.8. The van der Waals surface area contributed by atoms with E-state index < -0.39 is 5.82 Å². The van der Waals surface area contributed by atoms with Gasteiger partial charge in [0.2, 0.25) is 0 Å². The summed E-state index contributed by atoms with van der Waals surface area (Å²) in [5.41, 5.74) is 6.00. The Labute approximate surface area is 113 Å².